The molecule has 0 spiro atoms. The third-order valence-electron chi connectivity index (χ3n) is 3.62. The summed E-state index contributed by atoms with van der Waals surface area (Å²) in [5.41, 5.74) is 2.70. The molecule has 1 heterocycles. The first kappa shape index (κ1) is 13.2. The van der Waals surface area contributed by atoms with Crippen LogP contribution >= 0.6 is 0 Å². The molecule has 0 saturated carbocycles. The van der Waals surface area contributed by atoms with Crippen LogP contribution in [0.1, 0.15) is 32.8 Å². The summed E-state index contributed by atoms with van der Waals surface area (Å²) in [6, 6.07) is 6.86. The van der Waals surface area contributed by atoms with Crippen LogP contribution < -0.4 is 15.4 Å². The van der Waals surface area contributed by atoms with Crippen LogP contribution in [-0.2, 0) is 6.42 Å². The zero-order chi connectivity index (χ0) is 13.2. The molecule has 18 heavy (non-hydrogen) atoms. The Labute approximate surface area is 110 Å². The van der Waals surface area contributed by atoms with Gasteiger partial charge in [-0.25, -0.2) is 0 Å². The number of ether oxygens (including phenoxy) is 1. The van der Waals surface area contributed by atoms with Crippen molar-refractivity contribution in [2.45, 2.75) is 45.2 Å². The zero-order valence-electron chi connectivity index (χ0n) is 11.8. The van der Waals surface area contributed by atoms with E-state index in [4.69, 9.17) is 4.74 Å². The SMILES string of the molecule is CCc1cc(NC2CNC(C)(C)C2)ccc1OC. The second kappa shape index (κ2) is 5.19. The van der Waals surface area contributed by atoms with Gasteiger partial charge in [-0.05, 0) is 50.5 Å². The molecule has 1 fully saturated rings. The molecule has 100 valence electrons. The quantitative estimate of drug-likeness (QED) is 0.859. The minimum absolute atomic E-state index is 0.248. The number of aryl methyl sites for hydroxylation is 1. The molecule has 1 saturated heterocycles. The monoisotopic (exact) mass is 248 g/mol. The van der Waals surface area contributed by atoms with Crippen LogP contribution in [0.4, 0.5) is 5.69 Å². The van der Waals surface area contributed by atoms with E-state index < -0.39 is 0 Å². The molecule has 1 atom stereocenters. The molecule has 1 unspecified atom stereocenters. The van der Waals surface area contributed by atoms with Crippen molar-refractivity contribution in [1.29, 1.82) is 0 Å². The van der Waals surface area contributed by atoms with E-state index >= 15 is 0 Å². The molecule has 2 N–H and O–H groups in total. The van der Waals surface area contributed by atoms with Crippen molar-refractivity contribution in [1.82, 2.24) is 5.32 Å². The second-order valence-electron chi connectivity index (χ2n) is 5.69. The lowest BCUT2D eigenvalue weighted by Crippen LogP contribution is -2.31. The molecule has 1 aliphatic rings. The lowest BCUT2D eigenvalue weighted by atomic mass is 10.0. The van der Waals surface area contributed by atoms with Gasteiger partial charge >= 0.3 is 0 Å². The van der Waals surface area contributed by atoms with Crippen molar-refractivity contribution in [2.75, 3.05) is 19.0 Å². The van der Waals surface area contributed by atoms with Crippen molar-refractivity contribution in [3.05, 3.63) is 23.8 Å². The van der Waals surface area contributed by atoms with Gasteiger partial charge in [0.25, 0.3) is 0 Å². The van der Waals surface area contributed by atoms with Crippen LogP contribution in [0.15, 0.2) is 18.2 Å². The predicted molar refractivity (Wildman–Crippen MR) is 76.5 cm³/mol. The normalized spacial score (nSPS) is 21.9. The molecule has 1 aromatic carbocycles. The molecule has 1 aromatic rings. The molecular weight excluding hydrogens is 224 g/mol. The fraction of sp³-hybridized carbons (Fsp3) is 0.600. The van der Waals surface area contributed by atoms with E-state index in [2.05, 4.69) is 49.6 Å². The van der Waals surface area contributed by atoms with Crippen molar-refractivity contribution in [3.8, 4) is 5.75 Å². The zero-order valence-corrected chi connectivity index (χ0v) is 11.8. The summed E-state index contributed by atoms with van der Waals surface area (Å²) < 4.78 is 5.35. The molecular formula is C15H24N2O. The maximum absolute atomic E-state index is 5.35. The molecule has 3 heteroatoms. The Balaban J connectivity index is 2.06. The Bertz CT molecular complexity index is 415. The second-order valence-corrected chi connectivity index (χ2v) is 5.69. The van der Waals surface area contributed by atoms with E-state index in [0.717, 1.165) is 25.1 Å². The number of hydrogen-bond donors (Lipinski definition) is 2. The first-order chi connectivity index (χ1) is 8.54. The van der Waals surface area contributed by atoms with Crippen molar-refractivity contribution >= 4 is 5.69 Å². The van der Waals surface area contributed by atoms with Gasteiger partial charge in [0.05, 0.1) is 7.11 Å². The largest absolute Gasteiger partial charge is 0.496 e. The maximum atomic E-state index is 5.35. The van der Waals surface area contributed by atoms with Gasteiger partial charge in [0.1, 0.15) is 5.75 Å². The third-order valence-corrected chi connectivity index (χ3v) is 3.62. The van der Waals surface area contributed by atoms with Crippen molar-refractivity contribution in [3.63, 3.8) is 0 Å². The summed E-state index contributed by atoms with van der Waals surface area (Å²) in [7, 11) is 1.73. The van der Waals surface area contributed by atoms with E-state index in [-0.39, 0.29) is 5.54 Å². The highest BCUT2D eigenvalue weighted by molar-refractivity contribution is 5.52. The number of benzene rings is 1. The topological polar surface area (TPSA) is 33.3 Å². The molecule has 1 aliphatic heterocycles. The van der Waals surface area contributed by atoms with Crippen LogP contribution in [-0.4, -0.2) is 25.2 Å². The van der Waals surface area contributed by atoms with Crippen LogP contribution in [0.3, 0.4) is 0 Å². The maximum Gasteiger partial charge on any atom is 0.122 e. The molecule has 0 bridgehead atoms. The number of anilines is 1. The smallest absolute Gasteiger partial charge is 0.122 e. The van der Waals surface area contributed by atoms with Crippen LogP contribution in [0.25, 0.3) is 0 Å². The Hall–Kier alpha value is -1.22. The van der Waals surface area contributed by atoms with Gasteiger partial charge in [0.15, 0.2) is 0 Å². The Morgan fingerprint density at radius 3 is 2.78 bits per heavy atom. The van der Waals surface area contributed by atoms with Crippen LogP contribution in [0.5, 0.6) is 5.75 Å². The number of nitrogens with one attached hydrogen (secondary N) is 2. The van der Waals surface area contributed by atoms with Gasteiger partial charge in [-0.15, -0.1) is 0 Å². The summed E-state index contributed by atoms with van der Waals surface area (Å²) in [6.45, 7) is 7.68. The lowest BCUT2D eigenvalue weighted by Gasteiger charge is -2.18. The Morgan fingerprint density at radius 1 is 1.44 bits per heavy atom. The fourth-order valence-electron chi connectivity index (χ4n) is 2.64. The van der Waals surface area contributed by atoms with Crippen molar-refractivity contribution in [2.24, 2.45) is 0 Å². The van der Waals surface area contributed by atoms with Gasteiger partial charge in [-0.3, -0.25) is 0 Å². The highest BCUT2D eigenvalue weighted by Gasteiger charge is 2.29. The lowest BCUT2D eigenvalue weighted by molar-refractivity contribution is 0.410. The van der Waals surface area contributed by atoms with Crippen LogP contribution in [0, 0.1) is 0 Å². The molecule has 0 amide bonds. The number of rotatable bonds is 4. The Morgan fingerprint density at radius 2 is 2.22 bits per heavy atom. The van der Waals surface area contributed by atoms with Crippen molar-refractivity contribution < 1.29 is 4.74 Å². The molecule has 0 aliphatic carbocycles. The minimum atomic E-state index is 0.248. The minimum Gasteiger partial charge on any atom is -0.496 e. The predicted octanol–water partition coefficient (Wildman–Crippen LogP) is 2.81. The van der Waals surface area contributed by atoms with Gasteiger partial charge in [-0.2, -0.15) is 0 Å². The van der Waals surface area contributed by atoms with Crippen LogP contribution in [0.2, 0.25) is 0 Å². The van der Waals surface area contributed by atoms with Gasteiger partial charge in [0, 0.05) is 23.8 Å². The van der Waals surface area contributed by atoms with Gasteiger partial charge in [0.2, 0.25) is 0 Å². The van der Waals surface area contributed by atoms with Gasteiger partial charge < -0.3 is 15.4 Å². The molecule has 2 rings (SSSR count). The average molecular weight is 248 g/mol. The van der Waals surface area contributed by atoms with E-state index in [0.29, 0.717) is 6.04 Å². The highest BCUT2D eigenvalue weighted by Crippen LogP contribution is 2.26. The average Bonchev–Trinajstić information content (AvgIpc) is 2.68. The van der Waals surface area contributed by atoms with E-state index in [1.54, 1.807) is 7.11 Å². The number of hydrogen-bond acceptors (Lipinski definition) is 3. The molecule has 0 aromatic heterocycles. The summed E-state index contributed by atoms with van der Waals surface area (Å²) in [5, 5.41) is 7.13. The summed E-state index contributed by atoms with van der Waals surface area (Å²) in [6.07, 6.45) is 2.15. The standard InChI is InChI=1S/C15H24N2O/c1-5-11-8-12(6-7-14(11)18-4)17-13-9-15(2,3)16-10-13/h6-8,13,16-17H,5,9-10H2,1-4H3. The Kier molecular flexibility index (Phi) is 3.81. The molecule has 3 nitrogen and oxygen atoms in total. The number of methoxy groups -OCH3 is 1. The van der Waals surface area contributed by atoms with E-state index in [1.165, 1.54) is 11.3 Å². The van der Waals surface area contributed by atoms with Gasteiger partial charge in [-0.1, -0.05) is 6.92 Å². The summed E-state index contributed by atoms with van der Waals surface area (Å²) >= 11 is 0. The molecule has 0 radical (unpaired) electrons. The highest BCUT2D eigenvalue weighted by atomic mass is 16.5. The first-order valence-corrected chi connectivity index (χ1v) is 6.72. The first-order valence-electron chi connectivity index (χ1n) is 6.72. The summed E-state index contributed by atoms with van der Waals surface area (Å²) in [5.74, 6) is 0.980. The third kappa shape index (κ3) is 2.96. The van der Waals surface area contributed by atoms with E-state index in [9.17, 15) is 0 Å². The fourth-order valence-corrected chi connectivity index (χ4v) is 2.64. The van der Waals surface area contributed by atoms with E-state index in [1.807, 2.05) is 0 Å². The summed E-state index contributed by atoms with van der Waals surface area (Å²) in [4.78, 5) is 0.